The van der Waals surface area contributed by atoms with Gasteiger partial charge in [-0.05, 0) is 51.2 Å². The molecule has 0 spiro atoms. The van der Waals surface area contributed by atoms with Gasteiger partial charge < -0.3 is 14.4 Å². The van der Waals surface area contributed by atoms with Gasteiger partial charge in [-0.2, -0.15) is 4.31 Å². The molecule has 0 bridgehead atoms. The molecule has 2 fully saturated rings. The van der Waals surface area contributed by atoms with Crippen LogP contribution >= 0.6 is 0 Å². The third kappa shape index (κ3) is 3.32. The fraction of sp³-hybridized carbons (Fsp3) is 0.684. The highest BCUT2D eigenvalue weighted by Crippen LogP contribution is 2.39. The first-order valence-electron chi connectivity index (χ1n) is 9.59. The summed E-state index contributed by atoms with van der Waals surface area (Å²) in [6.07, 6.45) is 4.86. The monoisotopic (exact) mass is 380 g/mol. The number of benzene rings is 1. The highest BCUT2D eigenvalue weighted by Gasteiger charge is 2.40. The Morgan fingerprint density at radius 2 is 2.00 bits per heavy atom. The molecule has 1 saturated heterocycles. The Hall–Kier alpha value is -1.31. The Morgan fingerprint density at radius 1 is 1.19 bits per heavy atom. The molecular weight excluding hydrogens is 352 g/mol. The zero-order chi connectivity index (χ0) is 18.3. The molecule has 0 amide bonds. The van der Waals surface area contributed by atoms with E-state index in [2.05, 4.69) is 4.90 Å². The molecule has 2 atom stereocenters. The van der Waals surface area contributed by atoms with Crippen molar-refractivity contribution < 1.29 is 17.9 Å². The molecule has 1 aromatic rings. The predicted octanol–water partition coefficient (Wildman–Crippen LogP) is 2.63. The number of anilines is 1. The van der Waals surface area contributed by atoms with E-state index in [0.717, 1.165) is 44.3 Å². The van der Waals surface area contributed by atoms with E-state index in [1.54, 1.807) is 17.5 Å². The third-order valence-electron chi connectivity index (χ3n) is 5.62. The van der Waals surface area contributed by atoms with Crippen LogP contribution < -0.4 is 9.64 Å². The van der Waals surface area contributed by atoms with Gasteiger partial charge in [-0.1, -0.05) is 0 Å². The first kappa shape index (κ1) is 18.1. The zero-order valence-electron chi connectivity index (χ0n) is 15.6. The lowest BCUT2D eigenvalue weighted by Crippen LogP contribution is -2.38. The molecule has 0 aromatic heterocycles. The summed E-state index contributed by atoms with van der Waals surface area (Å²) in [4.78, 5) is 2.61. The van der Waals surface area contributed by atoms with Crippen LogP contribution in [-0.4, -0.2) is 57.7 Å². The average molecular weight is 381 g/mol. The van der Waals surface area contributed by atoms with Crippen LogP contribution in [0.15, 0.2) is 23.1 Å². The number of sulfonamides is 1. The first-order chi connectivity index (χ1) is 12.5. The van der Waals surface area contributed by atoms with Crippen LogP contribution in [0, 0.1) is 0 Å². The molecule has 1 saturated carbocycles. The molecule has 1 aliphatic carbocycles. The summed E-state index contributed by atoms with van der Waals surface area (Å²) in [7, 11) is -1.78. The van der Waals surface area contributed by atoms with Crippen molar-refractivity contribution in [2.75, 3.05) is 31.7 Å². The van der Waals surface area contributed by atoms with Gasteiger partial charge in [0.2, 0.25) is 10.0 Å². The molecule has 0 radical (unpaired) electrons. The van der Waals surface area contributed by atoms with Crippen LogP contribution in [0.25, 0.3) is 0 Å². The molecule has 2 aliphatic heterocycles. The summed E-state index contributed by atoms with van der Waals surface area (Å²) in [6, 6.07) is 6.07. The fourth-order valence-electron chi connectivity index (χ4n) is 4.09. The molecule has 3 aliphatic rings. The summed E-state index contributed by atoms with van der Waals surface area (Å²) in [5.41, 5.74) is 1.02. The molecule has 1 aromatic carbocycles. The Morgan fingerprint density at radius 3 is 2.73 bits per heavy atom. The minimum absolute atomic E-state index is 0.00546. The van der Waals surface area contributed by atoms with Gasteiger partial charge in [-0.25, -0.2) is 8.42 Å². The minimum Gasteiger partial charge on any atom is -0.489 e. The molecule has 26 heavy (non-hydrogen) atoms. The SMILES string of the molecule is COC[C@H]1CCCN1c1ccc2c(c1)O[C@H](C)CCN(C1CC1)S2(=O)=O. The van der Waals surface area contributed by atoms with Gasteiger partial charge in [-0.3, -0.25) is 0 Å². The second kappa shape index (κ2) is 7.02. The largest absolute Gasteiger partial charge is 0.489 e. The van der Waals surface area contributed by atoms with E-state index >= 15 is 0 Å². The maximum atomic E-state index is 13.2. The normalized spacial score (nSPS) is 28.9. The van der Waals surface area contributed by atoms with Crippen LogP contribution in [0.4, 0.5) is 5.69 Å². The number of methoxy groups -OCH3 is 1. The van der Waals surface area contributed by atoms with Gasteiger partial charge in [0.05, 0.1) is 18.8 Å². The molecule has 144 valence electrons. The standard InChI is InChI=1S/C19H28N2O4S/c1-14-9-11-21(15-5-6-15)26(22,23)19-8-7-16(12-18(19)25-14)20-10-3-4-17(20)13-24-2/h7-8,12,14-15,17H,3-6,9-11,13H2,1-2H3/t14-,17-/m1/s1. The second-order valence-electron chi connectivity index (χ2n) is 7.64. The van der Waals surface area contributed by atoms with Crippen molar-refractivity contribution in [1.82, 2.24) is 4.31 Å². The van der Waals surface area contributed by atoms with Gasteiger partial charge in [0.15, 0.2) is 0 Å². The van der Waals surface area contributed by atoms with Crippen molar-refractivity contribution in [3.8, 4) is 5.75 Å². The molecule has 2 heterocycles. The van der Waals surface area contributed by atoms with E-state index in [9.17, 15) is 8.42 Å². The van der Waals surface area contributed by atoms with Crippen molar-refractivity contribution >= 4 is 15.7 Å². The second-order valence-corrected chi connectivity index (χ2v) is 9.50. The first-order valence-corrected chi connectivity index (χ1v) is 11.0. The molecule has 4 rings (SSSR count). The van der Waals surface area contributed by atoms with Crippen LogP contribution in [-0.2, 0) is 14.8 Å². The van der Waals surface area contributed by atoms with E-state index in [-0.39, 0.29) is 12.1 Å². The quantitative estimate of drug-likeness (QED) is 0.804. The molecule has 0 unspecified atom stereocenters. The summed E-state index contributed by atoms with van der Waals surface area (Å²) in [5.74, 6) is 0.489. The van der Waals surface area contributed by atoms with Crippen molar-refractivity contribution in [3.63, 3.8) is 0 Å². The highest BCUT2D eigenvalue weighted by atomic mass is 32.2. The lowest BCUT2D eigenvalue weighted by Gasteiger charge is -2.31. The lowest BCUT2D eigenvalue weighted by atomic mass is 10.2. The Bertz CT molecular complexity index is 763. The van der Waals surface area contributed by atoms with E-state index in [4.69, 9.17) is 9.47 Å². The van der Waals surface area contributed by atoms with Gasteiger partial charge in [-0.15, -0.1) is 0 Å². The number of fused-ring (bicyclic) bond motifs is 1. The van der Waals surface area contributed by atoms with Gasteiger partial charge >= 0.3 is 0 Å². The number of nitrogens with zero attached hydrogens (tertiary/aromatic N) is 2. The van der Waals surface area contributed by atoms with Crippen LogP contribution in [0.2, 0.25) is 0 Å². The molecule has 7 heteroatoms. The smallest absolute Gasteiger partial charge is 0.247 e. The fourth-order valence-corrected chi connectivity index (χ4v) is 5.90. The van der Waals surface area contributed by atoms with Gasteiger partial charge in [0.25, 0.3) is 0 Å². The summed E-state index contributed by atoms with van der Waals surface area (Å²) >= 11 is 0. The van der Waals surface area contributed by atoms with Crippen molar-refractivity contribution in [1.29, 1.82) is 0 Å². The van der Waals surface area contributed by atoms with E-state index in [1.807, 2.05) is 19.1 Å². The van der Waals surface area contributed by atoms with Crippen molar-refractivity contribution in [3.05, 3.63) is 18.2 Å². The van der Waals surface area contributed by atoms with Crippen molar-refractivity contribution in [2.24, 2.45) is 0 Å². The number of hydrogen-bond acceptors (Lipinski definition) is 5. The minimum atomic E-state index is -3.50. The maximum Gasteiger partial charge on any atom is 0.247 e. The predicted molar refractivity (Wildman–Crippen MR) is 100 cm³/mol. The number of ether oxygens (including phenoxy) is 2. The van der Waals surface area contributed by atoms with E-state index < -0.39 is 10.0 Å². The van der Waals surface area contributed by atoms with E-state index in [1.165, 1.54) is 0 Å². The van der Waals surface area contributed by atoms with Crippen LogP contribution in [0.5, 0.6) is 5.75 Å². The van der Waals surface area contributed by atoms with Crippen LogP contribution in [0.1, 0.15) is 39.0 Å². The average Bonchev–Trinajstić information content (AvgIpc) is 3.31. The summed E-state index contributed by atoms with van der Waals surface area (Å²) < 4.78 is 39.4. The summed E-state index contributed by atoms with van der Waals surface area (Å²) in [6.45, 7) is 4.20. The Kier molecular flexibility index (Phi) is 4.88. The number of rotatable bonds is 4. The zero-order valence-corrected chi connectivity index (χ0v) is 16.4. The lowest BCUT2D eigenvalue weighted by molar-refractivity contribution is 0.180. The molecule has 0 N–H and O–H groups in total. The van der Waals surface area contributed by atoms with Crippen molar-refractivity contribution in [2.45, 2.75) is 62.1 Å². The third-order valence-corrected chi connectivity index (χ3v) is 7.61. The van der Waals surface area contributed by atoms with Crippen LogP contribution in [0.3, 0.4) is 0 Å². The maximum absolute atomic E-state index is 13.2. The summed E-state index contributed by atoms with van der Waals surface area (Å²) in [5, 5.41) is 0. The van der Waals surface area contributed by atoms with E-state index in [0.29, 0.717) is 29.8 Å². The Balaban J connectivity index is 1.71. The van der Waals surface area contributed by atoms with Gasteiger partial charge in [0.1, 0.15) is 10.6 Å². The van der Waals surface area contributed by atoms with Gasteiger partial charge in [0, 0.05) is 38.0 Å². The number of hydrogen-bond donors (Lipinski definition) is 0. The highest BCUT2D eigenvalue weighted by molar-refractivity contribution is 7.89. The molecular formula is C19H28N2O4S. The topological polar surface area (TPSA) is 59.1 Å². The molecule has 6 nitrogen and oxygen atoms in total. The Labute approximate surface area is 156 Å².